The summed E-state index contributed by atoms with van der Waals surface area (Å²) < 4.78 is 11.3. The Labute approximate surface area is 180 Å². The van der Waals surface area contributed by atoms with Gasteiger partial charge in [0.1, 0.15) is 18.9 Å². The maximum atomic E-state index is 12.4. The first-order chi connectivity index (χ1) is 14.7. The molecule has 5 nitrogen and oxygen atoms in total. The third-order valence-electron chi connectivity index (χ3n) is 5.63. The molecule has 0 aliphatic carbocycles. The van der Waals surface area contributed by atoms with Crippen LogP contribution in [0.1, 0.15) is 37.3 Å². The minimum absolute atomic E-state index is 0.154. The van der Waals surface area contributed by atoms with E-state index in [2.05, 4.69) is 35.6 Å². The highest BCUT2D eigenvalue weighted by atomic mass is 16.5. The lowest BCUT2D eigenvalue weighted by molar-refractivity contribution is -0.919. The molecule has 0 radical (unpaired) electrons. The second-order valence-corrected chi connectivity index (χ2v) is 7.96. The number of carbonyl (C=O) groups excluding carboxylic acids is 1. The van der Waals surface area contributed by atoms with Crippen molar-refractivity contribution in [1.82, 2.24) is 5.32 Å². The van der Waals surface area contributed by atoms with Gasteiger partial charge in [0.15, 0.2) is 0 Å². The highest BCUT2D eigenvalue weighted by Crippen LogP contribution is 2.15. The first-order valence-corrected chi connectivity index (χ1v) is 11.2. The minimum Gasteiger partial charge on any atom is -0.489 e. The van der Waals surface area contributed by atoms with Gasteiger partial charge < -0.3 is 19.7 Å². The summed E-state index contributed by atoms with van der Waals surface area (Å²) in [5, 5.41) is 3.07. The van der Waals surface area contributed by atoms with E-state index in [9.17, 15) is 4.79 Å². The number of ether oxygens (including phenoxy) is 2. The zero-order valence-electron chi connectivity index (χ0n) is 18.1. The van der Waals surface area contributed by atoms with Crippen LogP contribution in [0.4, 0.5) is 0 Å². The van der Waals surface area contributed by atoms with Gasteiger partial charge in [-0.1, -0.05) is 42.5 Å². The summed E-state index contributed by atoms with van der Waals surface area (Å²) in [6, 6.07) is 18.6. The van der Waals surface area contributed by atoms with Crippen molar-refractivity contribution in [3.63, 3.8) is 0 Å². The SMILES string of the molecule is CCOCCCNC(=O)C1CC[NH+](Cc2cccc(OCc3ccccc3)c2)CC1. The lowest BCUT2D eigenvalue weighted by Gasteiger charge is -2.28. The Morgan fingerprint density at radius 1 is 1.07 bits per heavy atom. The molecule has 1 fully saturated rings. The number of piperidine rings is 1. The molecule has 0 spiro atoms. The Kier molecular flexibility index (Phi) is 9.19. The molecule has 0 atom stereocenters. The van der Waals surface area contributed by atoms with E-state index in [0.717, 1.165) is 51.3 Å². The van der Waals surface area contributed by atoms with Gasteiger partial charge in [-0.2, -0.15) is 0 Å². The van der Waals surface area contributed by atoms with Crippen LogP contribution >= 0.6 is 0 Å². The molecule has 2 aromatic carbocycles. The average Bonchev–Trinajstić information content (AvgIpc) is 2.79. The number of quaternary nitrogens is 1. The Hall–Kier alpha value is -2.37. The third-order valence-corrected chi connectivity index (χ3v) is 5.63. The van der Waals surface area contributed by atoms with E-state index in [1.807, 2.05) is 31.2 Å². The van der Waals surface area contributed by atoms with Gasteiger partial charge in [0.05, 0.1) is 13.1 Å². The van der Waals surface area contributed by atoms with E-state index in [1.165, 1.54) is 16.0 Å². The summed E-state index contributed by atoms with van der Waals surface area (Å²) in [5.41, 5.74) is 2.46. The fraction of sp³-hybridized carbons (Fsp3) is 0.480. The molecule has 1 aliphatic rings. The zero-order chi connectivity index (χ0) is 21.0. The Morgan fingerprint density at radius 2 is 1.83 bits per heavy atom. The number of benzene rings is 2. The van der Waals surface area contributed by atoms with Crippen LogP contribution in [0.15, 0.2) is 54.6 Å². The van der Waals surface area contributed by atoms with E-state index in [-0.39, 0.29) is 11.8 Å². The lowest BCUT2D eigenvalue weighted by Crippen LogP contribution is -3.11. The molecular formula is C25H35N2O3+. The molecule has 2 N–H and O–H groups in total. The molecule has 5 heteroatoms. The monoisotopic (exact) mass is 411 g/mol. The predicted molar refractivity (Wildman–Crippen MR) is 118 cm³/mol. The van der Waals surface area contributed by atoms with E-state index < -0.39 is 0 Å². The molecule has 30 heavy (non-hydrogen) atoms. The van der Waals surface area contributed by atoms with Gasteiger partial charge in [-0.05, 0) is 31.0 Å². The Morgan fingerprint density at radius 3 is 2.60 bits per heavy atom. The van der Waals surface area contributed by atoms with Crippen molar-refractivity contribution in [2.24, 2.45) is 5.92 Å². The van der Waals surface area contributed by atoms with Crippen LogP contribution in [0.3, 0.4) is 0 Å². The van der Waals surface area contributed by atoms with Gasteiger partial charge >= 0.3 is 0 Å². The number of amides is 1. The first kappa shape index (κ1) is 22.3. The number of nitrogens with one attached hydrogen (secondary N) is 2. The minimum atomic E-state index is 0.154. The Balaban J connectivity index is 1.39. The van der Waals surface area contributed by atoms with Crippen molar-refractivity contribution in [3.8, 4) is 5.75 Å². The molecule has 0 aromatic heterocycles. The predicted octanol–water partition coefficient (Wildman–Crippen LogP) is 2.60. The van der Waals surface area contributed by atoms with Crippen molar-refractivity contribution in [3.05, 3.63) is 65.7 Å². The summed E-state index contributed by atoms with van der Waals surface area (Å²) in [5.74, 6) is 1.28. The van der Waals surface area contributed by atoms with Crippen LogP contribution in [-0.4, -0.2) is 38.8 Å². The van der Waals surface area contributed by atoms with Crippen LogP contribution in [0.25, 0.3) is 0 Å². The topological polar surface area (TPSA) is 52.0 Å². The second kappa shape index (κ2) is 12.4. The molecule has 0 saturated carbocycles. The van der Waals surface area contributed by atoms with Crippen molar-refractivity contribution >= 4 is 5.91 Å². The average molecular weight is 412 g/mol. The number of carbonyl (C=O) groups is 1. The summed E-state index contributed by atoms with van der Waals surface area (Å²) in [6.07, 6.45) is 2.79. The van der Waals surface area contributed by atoms with Gasteiger partial charge in [0.25, 0.3) is 0 Å². The van der Waals surface area contributed by atoms with Crippen molar-refractivity contribution in [2.75, 3.05) is 32.8 Å². The van der Waals surface area contributed by atoms with Gasteiger partial charge in [-0.15, -0.1) is 0 Å². The second-order valence-electron chi connectivity index (χ2n) is 7.96. The summed E-state index contributed by atoms with van der Waals surface area (Å²) in [6.45, 7) is 7.78. The van der Waals surface area contributed by atoms with Crippen molar-refractivity contribution < 1.29 is 19.2 Å². The van der Waals surface area contributed by atoms with E-state index in [0.29, 0.717) is 19.8 Å². The molecule has 2 aromatic rings. The maximum Gasteiger partial charge on any atom is 0.223 e. The molecular weight excluding hydrogens is 376 g/mol. The highest BCUT2D eigenvalue weighted by molar-refractivity contribution is 5.78. The molecule has 3 rings (SSSR count). The number of rotatable bonds is 11. The standard InChI is InChI=1S/C25H34N2O3/c1-2-29-17-7-14-26-25(28)23-12-15-27(16-13-23)19-22-10-6-11-24(18-22)30-20-21-8-4-3-5-9-21/h3-6,8-11,18,23H,2,7,12-17,19-20H2,1H3,(H,26,28)/p+1. The van der Waals surface area contributed by atoms with Crippen LogP contribution in [-0.2, 0) is 22.7 Å². The van der Waals surface area contributed by atoms with Gasteiger partial charge in [-0.3, -0.25) is 4.79 Å². The zero-order valence-corrected chi connectivity index (χ0v) is 18.1. The highest BCUT2D eigenvalue weighted by Gasteiger charge is 2.27. The fourth-order valence-electron chi connectivity index (χ4n) is 3.91. The van der Waals surface area contributed by atoms with E-state index in [1.54, 1.807) is 0 Å². The van der Waals surface area contributed by atoms with Gasteiger partial charge in [0.2, 0.25) is 5.91 Å². The molecule has 162 valence electrons. The van der Waals surface area contributed by atoms with Crippen LogP contribution < -0.4 is 15.0 Å². The van der Waals surface area contributed by atoms with Gasteiger partial charge in [-0.25, -0.2) is 0 Å². The largest absolute Gasteiger partial charge is 0.489 e. The molecule has 1 aliphatic heterocycles. The van der Waals surface area contributed by atoms with E-state index >= 15 is 0 Å². The van der Waals surface area contributed by atoms with Crippen molar-refractivity contribution in [1.29, 1.82) is 0 Å². The van der Waals surface area contributed by atoms with Crippen LogP contribution in [0.2, 0.25) is 0 Å². The molecule has 1 amide bonds. The molecule has 1 heterocycles. The van der Waals surface area contributed by atoms with Crippen LogP contribution in [0.5, 0.6) is 5.75 Å². The molecule has 1 saturated heterocycles. The fourth-order valence-corrected chi connectivity index (χ4v) is 3.91. The summed E-state index contributed by atoms with van der Waals surface area (Å²) in [7, 11) is 0. The summed E-state index contributed by atoms with van der Waals surface area (Å²) in [4.78, 5) is 13.9. The van der Waals surface area contributed by atoms with E-state index in [4.69, 9.17) is 9.47 Å². The lowest BCUT2D eigenvalue weighted by atomic mass is 9.95. The number of hydrogen-bond donors (Lipinski definition) is 2. The summed E-state index contributed by atoms with van der Waals surface area (Å²) >= 11 is 0. The first-order valence-electron chi connectivity index (χ1n) is 11.2. The number of likely N-dealkylation sites (tertiary alicyclic amines) is 1. The quantitative estimate of drug-likeness (QED) is 0.559. The molecule has 0 bridgehead atoms. The Bertz CT molecular complexity index is 758. The van der Waals surface area contributed by atoms with Crippen molar-refractivity contribution in [2.45, 2.75) is 39.3 Å². The third kappa shape index (κ3) is 7.47. The normalized spacial score (nSPS) is 18.7. The number of hydrogen-bond acceptors (Lipinski definition) is 3. The maximum absolute atomic E-state index is 12.4. The smallest absolute Gasteiger partial charge is 0.223 e. The van der Waals surface area contributed by atoms with Crippen LogP contribution in [0, 0.1) is 5.92 Å². The van der Waals surface area contributed by atoms with Gasteiger partial charge in [0, 0.05) is 44.1 Å². The molecule has 0 unspecified atom stereocenters.